The third kappa shape index (κ3) is 3.36. The largest absolute Gasteiger partial charge is 0.504 e. The molecule has 0 aliphatic rings. The Labute approximate surface area is 109 Å². The molecule has 1 aromatic rings. The van der Waals surface area contributed by atoms with Gasteiger partial charge in [0.1, 0.15) is 0 Å². The van der Waals surface area contributed by atoms with Crippen molar-refractivity contribution in [3.05, 3.63) is 23.8 Å². The number of hydrogen-bond acceptors (Lipinski definition) is 3. The first-order chi connectivity index (χ1) is 7.97. The molecule has 0 heterocycles. The Balaban J connectivity index is 2.97. The number of hydrogen-bond donors (Lipinski definition) is 2. The Morgan fingerprint density at radius 3 is 2.47 bits per heavy atom. The molecule has 0 aromatic heterocycles. The van der Waals surface area contributed by atoms with Crippen LogP contribution in [-0.2, 0) is 0 Å². The lowest BCUT2D eigenvalue weighted by Gasteiger charge is -2.26. The van der Waals surface area contributed by atoms with Gasteiger partial charge in [0, 0.05) is 23.5 Å². The molecular weight excluding hydrogens is 286 g/mol. The SMILES string of the molecule is CC(C)N(CCBr)C(=O)c1ccc(O)c(O)c1. The van der Waals surface area contributed by atoms with Gasteiger partial charge in [-0.05, 0) is 32.0 Å². The van der Waals surface area contributed by atoms with Gasteiger partial charge < -0.3 is 15.1 Å². The predicted molar refractivity (Wildman–Crippen MR) is 69.7 cm³/mol. The van der Waals surface area contributed by atoms with Crippen LogP contribution in [0, 0.1) is 0 Å². The average Bonchev–Trinajstić information content (AvgIpc) is 2.28. The third-order valence-corrected chi connectivity index (χ3v) is 2.79. The van der Waals surface area contributed by atoms with E-state index < -0.39 is 0 Å². The standard InChI is InChI=1S/C12H16BrNO3/c1-8(2)14(6-5-13)12(17)9-3-4-10(15)11(16)7-9/h3-4,7-8,15-16H,5-6H2,1-2H3. The molecule has 17 heavy (non-hydrogen) atoms. The average molecular weight is 302 g/mol. The number of carbonyl (C=O) groups excluding carboxylic acids is 1. The molecule has 5 heteroatoms. The zero-order valence-corrected chi connectivity index (χ0v) is 11.4. The number of alkyl halides is 1. The number of amides is 1. The lowest BCUT2D eigenvalue weighted by molar-refractivity contribution is 0.0719. The molecule has 0 atom stereocenters. The molecule has 0 radical (unpaired) electrons. The van der Waals surface area contributed by atoms with Gasteiger partial charge in [0.25, 0.3) is 5.91 Å². The van der Waals surface area contributed by atoms with E-state index in [0.717, 1.165) is 0 Å². The van der Waals surface area contributed by atoms with Crippen molar-refractivity contribution < 1.29 is 15.0 Å². The first-order valence-corrected chi connectivity index (χ1v) is 6.48. The number of phenolic OH excluding ortho intramolecular Hbond substituents is 2. The number of rotatable bonds is 4. The summed E-state index contributed by atoms with van der Waals surface area (Å²) in [5.41, 5.74) is 0.370. The Bertz CT molecular complexity index is 407. The minimum Gasteiger partial charge on any atom is -0.504 e. The summed E-state index contributed by atoms with van der Waals surface area (Å²) in [5, 5.41) is 19.3. The third-order valence-electron chi connectivity index (χ3n) is 2.43. The normalized spacial score (nSPS) is 10.6. The second-order valence-electron chi connectivity index (χ2n) is 3.98. The van der Waals surface area contributed by atoms with Crippen molar-refractivity contribution in [1.82, 2.24) is 4.90 Å². The Morgan fingerprint density at radius 1 is 1.35 bits per heavy atom. The fourth-order valence-electron chi connectivity index (χ4n) is 1.51. The summed E-state index contributed by atoms with van der Waals surface area (Å²) < 4.78 is 0. The lowest BCUT2D eigenvalue weighted by atomic mass is 10.1. The maximum absolute atomic E-state index is 12.2. The van der Waals surface area contributed by atoms with Gasteiger partial charge in [0.05, 0.1) is 0 Å². The number of aromatic hydroxyl groups is 2. The van der Waals surface area contributed by atoms with E-state index in [2.05, 4.69) is 15.9 Å². The van der Waals surface area contributed by atoms with Crippen LogP contribution in [-0.4, -0.2) is 38.9 Å². The Hall–Kier alpha value is -1.23. The summed E-state index contributed by atoms with van der Waals surface area (Å²) in [6.07, 6.45) is 0. The Kier molecular flexibility index (Phi) is 4.81. The number of carbonyl (C=O) groups is 1. The van der Waals surface area contributed by atoms with Crippen LogP contribution >= 0.6 is 15.9 Å². The van der Waals surface area contributed by atoms with Gasteiger partial charge in [-0.2, -0.15) is 0 Å². The summed E-state index contributed by atoms with van der Waals surface area (Å²) in [6, 6.07) is 4.17. The fraction of sp³-hybridized carbons (Fsp3) is 0.417. The van der Waals surface area contributed by atoms with Crippen molar-refractivity contribution >= 4 is 21.8 Å². The van der Waals surface area contributed by atoms with Gasteiger partial charge in [-0.1, -0.05) is 15.9 Å². The van der Waals surface area contributed by atoms with E-state index in [1.165, 1.54) is 18.2 Å². The molecule has 0 saturated heterocycles. The number of nitrogens with zero attached hydrogens (tertiary/aromatic N) is 1. The van der Waals surface area contributed by atoms with Crippen LogP contribution in [0.25, 0.3) is 0 Å². The van der Waals surface area contributed by atoms with Crippen molar-refractivity contribution in [3.63, 3.8) is 0 Å². The van der Waals surface area contributed by atoms with E-state index in [1.807, 2.05) is 13.8 Å². The molecule has 1 aromatic carbocycles. The second kappa shape index (κ2) is 5.91. The zero-order chi connectivity index (χ0) is 13.0. The van der Waals surface area contributed by atoms with E-state index in [1.54, 1.807) is 4.90 Å². The van der Waals surface area contributed by atoms with Gasteiger partial charge in [0.15, 0.2) is 11.5 Å². The van der Waals surface area contributed by atoms with Gasteiger partial charge >= 0.3 is 0 Å². The van der Waals surface area contributed by atoms with Gasteiger partial charge in [-0.25, -0.2) is 0 Å². The quantitative estimate of drug-likeness (QED) is 0.663. The summed E-state index contributed by atoms with van der Waals surface area (Å²) in [5.74, 6) is -0.661. The Morgan fingerprint density at radius 2 is 2.00 bits per heavy atom. The molecule has 4 nitrogen and oxygen atoms in total. The zero-order valence-electron chi connectivity index (χ0n) is 9.85. The highest BCUT2D eigenvalue weighted by atomic mass is 79.9. The van der Waals surface area contributed by atoms with Gasteiger partial charge in [-0.15, -0.1) is 0 Å². The van der Waals surface area contributed by atoms with E-state index in [0.29, 0.717) is 17.4 Å². The van der Waals surface area contributed by atoms with Gasteiger partial charge in [0.2, 0.25) is 0 Å². The lowest BCUT2D eigenvalue weighted by Crippen LogP contribution is -2.38. The van der Waals surface area contributed by atoms with Crippen molar-refractivity contribution in [2.45, 2.75) is 19.9 Å². The molecular formula is C12H16BrNO3. The minimum atomic E-state index is -0.279. The molecule has 0 unspecified atom stereocenters. The fourth-order valence-corrected chi connectivity index (χ4v) is 1.89. The molecule has 1 rings (SSSR count). The van der Waals surface area contributed by atoms with Crippen molar-refractivity contribution in [2.75, 3.05) is 11.9 Å². The molecule has 0 fully saturated rings. The van der Waals surface area contributed by atoms with Crippen LogP contribution in [0.1, 0.15) is 24.2 Å². The van der Waals surface area contributed by atoms with Crippen LogP contribution < -0.4 is 0 Å². The van der Waals surface area contributed by atoms with Crippen LogP contribution in [0.2, 0.25) is 0 Å². The maximum atomic E-state index is 12.2. The van der Waals surface area contributed by atoms with Gasteiger partial charge in [-0.3, -0.25) is 4.79 Å². The van der Waals surface area contributed by atoms with E-state index in [4.69, 9.17) is 0 Å². The molecule has 2 N–H and O–H groups in total. The van der Waals surface area contributed by atoms with Crippen molar-refractivity contribution in [2.24, 2.45) is 0 Å². The summed E-state index contributed by atoms with van der Waals surface area (Å²) in [7, 11) is 0. The first kappa shape index (κ1) is 13.8. The highest BCUT2D eigenvalue weighted by molar-refractivity contribution is 9.09. The second-order valence-corrected chi connectivity index (χ2v) is 4.78. The molecule has 0 aliphatic carbocycles. The molecule has 0 bridgehead atoms. The number of halogens is 1. The van der Waals surface area contributed by atoms with E-state index >= 15 is 0 Å². The summed E-state index contributed by atoms with van der Waals surface area (Å²) in [4.78, 5) is 13.8. The van der Waals surface area contributed by atoms with Crippen LogP contribution in [0.3, 0.4) is 0 Å². The number of phenols is 2. The minimum absolute atomic E-state index is 0.0796. The molecule has 0 aliphatic heterocycles. The van der Waals surface area contributed by atoms with Crippen molar-refractivity contribution in [1.29, 1.82) is 0 Å². The predicted octanol–water partition coefficient (Wildman–Crippen LogP) is 2.34. The number of benzene rings is 1. The highest BCUT2D eigenvalue weighted by Gasteiger charge is 2.18. The monoisotopic (exact) mass is 301 g/mol. The topological polar surface area (TPSA) is 60.8 Å². The van der Waals surface area contributed by atoms with Crippen LogP contribution in [0.15, 0.2) is 18.2 Å². The molecule has 0 saturated carbocycles. The molecule has 1 amide bonds. The maximum Gasteiger partial charge on any atom is 0.254 e. The van der Waals surface area contributed by atoms with E-state index in [9.17, 15) is 15.0 Å². The summed E-state index contributed by atoms with van der Waals surface area (Å²) in [6.45, 7) is 4.46. The van der Waals surface area contributed by atoms with Crippen LogP contribution in [0.5, 0.6) is 11.5 Å². The molecule has 94 valence electrons. The van der Waals surface area contributed by atoms with Crippen molar-refractivity contribution in [3.8, 4) is 11.5 Å². The summed E-state index contributed by atoms with van der Waals surface area (Å²) >= 11 is 3.30. The van der Waals surface area contributed by atoms with Crippen LogP contribution in [0.4, 0.5) is 0 Å². The van der Waals surface area contributed by atoms with E-state index in [-0.39, 0.29) is 23.4 Å². The first-order valence-electron chi connectivity index (χ1n) is 5.36. The smallest absolute Gasteiger partial charge is 0.254 e. The highest BCUT2D eigenvalue weighted by Crippen LogP contribution is 2.25. The molecule has 0 spiro atoms.